The van der Waals surface area contributed by atoms with Gasteiger partial charge in [-0.05, 0) is 57.7 Å². The average Bonchev–Trinajstić information content (AvgIpc) is 3.09. The summed E-state index contributed by atoms with van der Waals surface area (Å²) in [7, 11) is 0. The summed E-state index contributed by atoms with van der Waals surface area (Å²) in [5.74, 6) is 0.611. The SMILES string of the molecule is Cc1cc(C)cc(C(=O)N2CCCC(C(=O)N3CCC(CN)C3)C2)c1. The van der Waals surface area contributed by atoms with Gasteiger partial charge in [0.2, 0.25) is 5.91 Å². The molecule has 2 heterocycles. The summed E-state index contributed by atoms with van der Waals surface area (Å²) in [6.07, 6.45) is 2.76. The molecule has 2 unspecified atom stereocenters. The van der Waals surface area contributed by atoms with Gasteiger partial charge >= 0.3 is 0 Å². The van der Waals surface area contributed by atoms with Gasteiger partial charge in [-0.25, -0.2) is 0 Å². The summed E-state index contributed by atoms with van der Waals surface area (Å²) in [5, 5.41) is 0. The van der Waals surface area contributed by atoms with Crippen molar-refractivity contribution < 1.29 is 9.59 Å². The average molecular weight is 343 g/mol. The van der Waals surface area contributed by atoms with Crippen molar-refractivity contribution in [3.05, 3.63) is 34.9 Å². The number of likely N-dealkylation sites (tertiary alicyclic amines) is 2. The van der Waals surface area contributed by atoms with E-state index in [4.69, 9.17) is 5.73 Å². The van der Waals surface area contributed by atoms with E-state index in [2.05, 4.69) is 6.07 Å². The Balaban J connectivity index is 1.66. The number of nitrogens with zero attached hydrogens (tertiary/aromatic N) is 2. The maximum Gasteiger partial charge on any atom is 0.253 e. The van der Waals surface area contributed by atoms with E-state index in [1.165, 1.54) is 0 Å². The first-order valence-electron chi connectivity index (χ1n) is 9.34. The molecule has 2 amide bonds. The predicted octanol–water partition coefficient (Wildman–Crippen LogP) is 1.96. The molecule has 2 aliphatic rings. The van der Waals surface area contributed by atoms with Crippen LogP contribution in [0.3, 0.4) is 0 Å². The van der Waals surface area contributed by atoms with E-state index < -0.39 is 0 Å². The molecule has 2 aliphatic heterocycles. The fourth-order valence-electron chi connectivity index (χ4n) is 4.13. The summed E-state index contributed by atoms with van der Waals surface area (Å²) in [6, 6.07) is 5.95. The van der Waals surface area contributed by atoms with Gasteiger partial charge in [0.1, 0.15) is 0 Å². The Labute approximate surface area is 150 Å². The molecule has 1 aromatic rings. The molecule has 2 N–H and O–H groups in total. The third-order valence-corrected chi connectivity index (χ3v) is 5.46. The van der Waals surface area contributed by atoms with Crippen molar-refractivity contribution in [1.29, 1.82) is 0 Å². The highest BCUT2D eigenvalue weighted by atomic mass is 16.2. The Hall–Kier alpha value is -1.88. The van der Waals surface area contributed by atoms with Gasteiger partial charge in [0.25, 0.3) is 5.91 Å². The molecule has 3 rings (SSSR count). The van der Waals surface area contributed by atoms with Crippen LogP contribution in [0, 0.1) is 25.7 Å². The van der Waals surface area contributed by atoms with Crippen LogP contribution in [0.1, 0.15) is 40.7 Å². The standard InChI is InChI=1S/C20H29N3O2/c1-14-8-15(2)10-18(9-14)20(25)22-6-3-4-17(13-22)19(24)23-7-5-16(11-21)12-23/h8-10,16-17H,3-7,11-13,21H2,1-2H3. The minimum Gasteiger partial charge on any atom is -0.342 e. The molecular weight excluding hydrogens is 314 g/mol. The summed E-state index contributed by atoms with van der Waals surface area (Å²) < 4.78 is 0. The van der Waals surface area contributed by atoms with Crippen LogP contribution in [0.5, 0.6) is 0 Å². The summed E-state index contributed by atoms with van der Waals surface area (Å²) in [6.45, 7) is 7.52. The normalized spacial score (nSPS) is 23.8. The first-order chi connectivity index (χ1) is 12.0. The molecule has 5 heteroatoms. The number of hydrogen-bond donors (Lipinski definition) is 1. The molecule has 2 fully saturated rings. The second-order valence-corrected chi connectivity index (χ2v) is 7.64. The van der Waals surface area contributed by atoms with Crippen LogP contribution >= 0.6 is 0 Å². The van der Waals surface area contributed by atoms with Crippen molar-refractivity contribution in [3.63, 3.8) is 0 Å². The van der Waals surface area contributed by atoms with Crippen LogP contribution in [0.25, 0.3) is 0 Å². The van der Waals surface area contributed by atoms with E-state index in [1.54, 1.807) is 0 Å². The van der Waals surface area contributed by atoms with Crippen molar-refractivity contribution in [2.45, 2.75) is 33.1 Å². The van der Waals surface area contributed by atoms with Gasteiger partial charge in [0.05, 0.1) is 5.92 Å². The lowest BCUT2D eigenvalue weighted by Gasteiger charge is -2.34. The zero-order valence-corrected chi connectivity index (χ0v) is 15.3. The molecule has 25 heavy (non-hydrogen) atoms. The van der Waals surface area contributed by atoms with E-state index in [-0.39, 0.29) is 17.7 Å². The highest BCUT2D eigenvalue weighted by Gasteiger charge is 2.34. The second-order valence-electron chi connectivity index (χ2n) is 7.64. The van der Waals surface area contributed by atoms with Crippen LogP contribution < -0.4 is 5.73 Å². The molecule has 2 atom stereocenters. The largest absolute Gasteiger partial charge is 0.342 e. The Morgan fingerprint density at radius 2 is 1.76 bits per heavy atom. The maximum absolute atomic E-state index is 12.9. The van der Waals surface area contributed by atoms with Gasteiger partial charge in [0.15, 0.2) is 0 Å². The summed E-state index contributed by atoms with van der Waals surface area (Å²) in [4.78, 5) is 29.5. The monoisotopic (exact) mass is 343 g/mol. The first kappa shape index (κ1) is 17.9. The number of amides is 2. The molecule has 2 saturated heterocycles. The van der Waals surface area contributed by atoms with E-state index in [9.17, 15) is 9.59 Å². The predicted molar refractivity (Wildman–Crippen MR) is 98.3 cm³/mol. The number of hydrogen-bond acceptors (Lipinski definition) is 3. The maximum atomic E-state index is 12.9. The molecular formula is C20H29N3O2. The van der Waals surface area contributed by atoms with E-state index in [1.807, 2.05) is 35.8 Å². The van der Waals surface area contributed by atoms with Crippen molar-refractivity contribution in [1.82, 2.24) is 9.80 Å². The minimum absolute atomic E-state index is 0.0468. The Morgan fingerprint density at radius 1 is 1.04 bits per heavy atom. The second kappa shape index (κ2) is 7.56. The van der Waals surface area contributed by atoms with E-state index >= 15 is 0 Å². The molecule has 0 aromatic heterocycles. The molecule has 0 spiro atoms. The third kappa shape index (κ3) is 4.03. The van der Waals surface area contributed by atoms with Crippen molar-refractivity contribution >= 4 is 11.8 Å². The Bertz CT molecular complexity index is 638. The minimum atomic E-state index is -0.0693. The Kier molecular flexibility index (Phi) is 5.42. The number of rotatable bonds is 3. The van der Waals surface area contributed by atoms with Crippen molar-refractivity contribution in [2.75, 3.05) is 32.7 Å². The van der Waals surface area contributed by atoms with Gasteiger partial charge in [0, 0.05) is 31.7 Å². The molecule has 5 nitrogen and oxygen atoms in total. The zero-order chi connectivity index (χ0) is 18.0. The first-order valence-corrected chi connectivity index (χ1v) is 9.34. The van der Waals surface area contributed by atoms with Gasteiger partial charge < -0.3 is 15.5 Å². The van der Waals surface area contributed by atoms with Gasteiger partial charge in [-0.1, -0.05) is 17.2 Å². The third-order valence-electron chi connectivity index (χ3n) is 5.46. The Morgan fingerprint density at radius 3 is 2.40 bits per heavy atom. The number of carbonyl (C=O) groups is 2. The topological polar surface area (TPSA) is 66.6 Å². The number of benzene rings is 1. The summed E-state index contributed by atoms with van der Waals surface area (Å²) in [5.41, 5.74) is 8.66. The van der Waals surface area contributed by atoms with Crippen LogP contribution in [-0.2, 0) is 4.79 Å². The lowest BCUT2D eigenvalue weighted by molar-refractivity contribution is -0.136. The van der Waals surface area contributed by atoms with Crippen LogP contribution in [0.2, 0.25) is 0 Å². The lowest BCUT2D eigenvalue weighted by atomic mass is 9.95. The highest BCUT2D eigenvalue weighted by Crippen LogP contribution is 2.24. The number of aryl methyl sites for hydroxylation is 2. The molecule has 1 aromatic carbocycles. The van der Waals surface area contributed by atoms with Crippen LogP contribution in [0.4, 0.5) is 0 Å². The van der Waals surface area contributed by atoms with Crippen molar-refractivity contribution in [2.24, 2.45) is 17.6 Å². The highest BCUT2D eigenvalue weighted by molar-refractivity contribution is 5.95. The molecule has 0 radical (unpaired) electrons. The van der Waals surface area contributed by atoms with E-state index in [0.717, 1.165) is 55.6 Å². The number of carbonyl (C=O) groups excluding carboxylic acids is 2. The van der Waals surface area contributed by atoms with Crippen molar-refractivity contribution in [3.8, 4) is 0 Å². The zero-order valence-electron chi connectivity index (χ0n) is 15.3. The van der Waals surface area contributed by atoms with Gasteiger partial charge in [-0.2, -0.15) is 0 Å². The fraction of sp³-hybridized carbons (Fsp3) is 0.600. The molecule has 0 aliphatic carbocycles. The van der Waals surface area contributed by atoms with Crippen LogP contribution in [0.15, 0.2) is 18.2 Å². The summed E-state index contributed by atoms with van der Waals surface area (Å²) >= 11 is 0. The molecule has 136 valence electrons. The van der Waals surface area contributed by atoms with Gasteiger partial charge in [-0.15, -0.1) is 0 Å². The molecule has 0 bridgehead atoms. The van der Waals surface area contributed by atoms with Crippen LogP contribution in [-0.4, -0.2) is 54.3 Å². The van der Waals surface area contributed by atoms with Gasteiger partial charge in [-0.3, -0.25) is 9.59 Å². The molecule has 0 saturated carbocycles. The lowest BCUT2D eigenvalue weighted by Crippen LogP contribution is -2.46. The smallest absolute Gasteiger partial charge is 0.253 e. The van der Waals surface area contributed by atoms with E-state index in [0.29, 0.717) is 19.0 Å². The quantitative estimate of drug-likeness (QED) is 0.912. The number of nitrogens with two attached hydrogens (primary N) is 1. The fourth-order valence-corrected chi connectivity index (χ4v) is 4.13. The number of piperidine rings is 1.